The molecule has 0 bridgehead atoms. The number of amides is 1. The molecule has 1 fully saturated rings. The maximum Gasteiger partial charge on any atom is 0.294 e. The molecule has 0 atom stereocenters. The van der Waals surface area contributed by atoms with Crippen molar-refractivity contribution in [3.63, 3.8) is 0 Å². The molecule has 0 unspecified atom stereocenters. The minimum Gasteiger partial charge on any atom is -0.486 e. The van der Waals surface area contributed by atoms with Crippen LogP contribution in [0.25, 0.3) is 0 Å². The number of benzene rings is 2. The molecule has 0 aliphatic carbocycles. The molecular formula is C21H23ClN4O5. The molecule has 2 aromatic carbocycles. The summed E-state index contributed by atoms with van der Waals surface area (Å²) in [5, 5.41) is 14.1. The predicted octanol–water partition coefficient (Wildman–Crippen LogP) is 2.78. The van der Waals surface area contributed by atoms with Crippen molar-refractivity contribution in [2.24, 2.45) is 0 Å². The second-order valence-electron chi connectivity index (χ2n) is 7.50. The standard InChI is InChI=1S/C21H23ClN4O5/c22-16-2-3-17(18(12-16)26(28)29)23-21(27)14-25-7-5-24(6-8-25)13-15-1-4-19-20(11-15)31-10-9-30-19/h1-4,11-12H,5-10,13-14H2,(H,23,27). The van der Waals surface area contributed by atoms with Gasteiger partial charge in [0.25, 0.3) is 5.69 Å². The Labute approximate surface area is 184 Å². The van der Waals surface area contributed by atoms with Crippen LogP contribution in [-0.2, 0) is 11.3 Å². The number of piperazine rings is 1. The average Bonchev–Trinajstić information content (AvgIpc) is 2.76. The fourth-order valence-electron chi connectivity index (χ4n) is 3.70. The fraction of sp³-hybridized carbons (Fsp3) is 0.381. The van der Waals surface area contributed by atoms with Gasteiger partial charge in [0.05, 0.1) is 11.5 Å². The third kappa shape index (κ3) is 5.43. The first-order valence-corrected chi connectivity index (χ1v) is 10.4. The van der Waals surface area contributed by atoms with E-state index in [1.807, 2.05) is 23.1 Å². The van der Waals surface area contributed by atoms with Crippen molar-refractivity contribution in [1.29, 1.82) is 0 Å². The van der Waals surface area contributed by atoms with E-state index in [-0.39, 0.29) is 28.8 Å². The van der Waals surface area contributed by atoms with E-state index in [0.29, 0.717) is 13.2 Å². The lowest BCUT2D eigenvalue weighted by Gasteiger charge is -2.34. The zero-order valence-electron chi connectivity index (χ0n) is 16.9. The molecule has 31 heavy (non-hydrogen) atoms. The number of carbonyl (C=O) groups is 1. The highest BCUT2D eigenvalue weighted by molar-refractivity contribution is 6.31. The van der Waals surface area contributed by atoms with Gasteiger partial charge in [0.15, 0.2) is 11.5 Å². The Morgan fingerprint density at radius 1 is 1.03 bits per heavy atom. The van der Waals surface area contributed by atoms with E-state index in [2.05, 4.69) is 10.2 Å². The Hall–Kier alpha value is -2.88. The van der Waals surface area contributed by atoms with Crippen molar-refractivity contribution in [2.75, 3.05) is 51.3 Å². The van der Waals surface area contributed by atoms with E-state index in [0.717, 1.165) is 49.8 Å². The summed E-state index contributed by atoms with van der Waals surface area (Å²) in [5.41, 5.74) is 1.09. The van der Waals surface area contributed by atoms with Crippen LogP contribution in [0.2, 0.25) is 5.02 Å². The summed E-state index contributed by atoms with van der Waals surface area (Å²) >= 11 is 5.82. The van der Waals surface area contributed by atoms with Gasteiger partial charge in [-0.05, 0) is 29.8 Å². The average molecular weight is 447 g/mol. The van der Waals surface area contributed by atoms with E-state index in [9.17, 15) is 14.9 Å². The number of nitrogens with one attached hydrogen (secondary N) is 1. The van der Waals surface area contributed by atoms with Crippen LogP contribution in [0.5, 0.6) is 11.5 Å². The van der Waals surface area contributed by atoms with E-state index in [1.165, 1.54) is 18.2 Å². The van der Waals surface area contributed by atoms with Gasteiger partial charge in [-0.3, -0.25) is 24.7 Å². The molecule has 2 aromatic rings. The zero-order chi connectivity index (χ0) is 21.8. The number of nitro benzene ring substituents is 1. The number of hydrogen-bond acceptors (Lipinski definition) is 7. The highest BCUT2D eigenvalue weighted by atomic mass is 35.5. The summed E-state index contributed by atoms with van der Waals surface area (Å²) in [6.07, 6.45) is 0. The Morgan fingerprint density at radius 3 is 2.48 bits per heavy atom. The number of carbonyl (C=O) groups excluding carboxylic acids is 1. The third-order valence-electron chi connectivity index (χ3n) is 5.28. The number of nitrogens with zero attached hydrogens (tertiary/aromatic N) is 3. The topological polar surface area (TPSA) is 97.2 Å². The van der Waals surface area contributed by atoms with E-state index in [1.54, 1.807) is 0 Å². The molecule has 0 radical (unpaired) electrons. The first-order valence-electron chi connectivity index (χ1n) is 10.0. The molecule has 0 saturated carbocycles. The molecular weight excluding hydrogens is 424 g/mol. The highest BCUT2D eigenvalue weighted by Crippen LogP contribution is 2.31. The third-order valence-corrected chi connectivity index (χ3v) is 5.51. The summed E-state index contributed by atoms with van der Waals surface area (Å²) in [4.78, 5) is 27.4. The Bertz CT molecular complexity index is 978. The number of rotatable bonds is 6. The molecule has 0 aromatic heterocycles. The van der Waals surface area contributed by atoms with Crippen LogP contribution in [-0.4, -0.2) is 66.6 Å². The van der Waals surface area contributed by atoms with Gasteiger partial charge >= 0.3 is 0 Å². The summed E-state index contributed by atoms with van der Waals surface area (Å²) < 4.78 is 11.2. The molecule has 1 N–H and O–H groups in total. The maximum absolute atomic E-state index is 12.4. The van der Waals surface area contributed by atoms with Crippen molar-refractivity contribution in [1.82, 2.24) is 9.80 Å². The predicted molar refractivity (Wildman–Crippen MR) is 116 cm³/mol. The van der Waals surface area contributed by atoms with Gasteiger partial charge in [-0.1, -0.05) is 17.7 Å². The van der Waals surface area contributed by atoms with Crippen LogP contribution < -0.4 is 14.8 Å². The number of halogens is 1. The smallest absolute Gasteiger partial charge is 0.294 e. The molecule has 4 rings (SSSR count). The van der Waals surface area contributed by atoms with Gasteiger partial charge in [0.1, 0.15) is 18.9 Å². The fourth-order valence-corrected chi connectivity index (χ4v) is 3.87. The first kappa shape index (κ1) is 21.4. The lowest BCUT2D eigenvalue weighted by Crippen LogP contribution is -2.48. The summed E-state index contributed by atoms with van der Waals surface area (Å²) in [7, 11) is 0. The van der Waals surface area contributed by atoms with Gasteiger partial charge in [0, 0.05) is 43.8 Å². The maximum atomic E-state index is 12.4. The Morgan fingerprint density at radius 2 is 1.74 bits per heavy atom. The van der Waals surface area contributed by atoms with Crippen molar-refractivity contribution in [2.45, 2.75) is 6.54 Å². The quantitative estimate of drug-likeness (QED) is 0.538. The van der Waals surface area contributed by atoms with Crippen molar-refractivity contribution in [3.05, 3.63) is 57.1 Å². The van der Waals surface area contributed by atoms with Gasteiger partial charge in [0.2, 0.25) is 5.91 Å². The summed E-state index contributed by atoms with van der Waals surface area (Å²) in [6, 6.07) is 10.2. The Kier molecular flexibility index (Phi) is 6.55. The van der Waals surface area contributed by atoms with Crippen molar-refractivity contribution in [3.8, 4) is 11.5 Å². The van der Waals surface area contributed by atoms with Crippen molar-refractivity contribution >= 4 is 28.9 Å². The molecule has 2 aliphatic rings. The molecule has 9 nitrogen and oxygen atoms in total. The molecule has 2 heterocycles. The van der Waals surface area contributed by atoms with E-state index >= 15 is 0 Å². The summed E-state index contributed by atoms with van der Waals surface area (Å²) in [6.45, 7) is 5.24. The number of anilines is 1. The normalized spacial score (nSPS) is 16.7. The molecule has 2 aliphatic heterocycles. The minimum absolute atomic E-state index is 0.150. The molecule has 0 spiro atoms. The molecule has 10 heteroatoms. The number of fused-ring (bicyclic) bond motifs is 1. The number of ether oxygens (including phenoxy) is 2. The second kappa shape index (κ2) is 9.51. The van der Waals surface area contributed by atoms with Gasteiger partial charge in [-0.15, -0.1) is 0 Å². The molecule has 1 amide bonds. The van der Waals surface area contributed by atoms with Crippen LogP contribution in [0.15, 0.2) is 36.4 Å². The van der Waals surface area contributed by atoms with Crippen LogP contribution in [0.3, 0.4) is 0 Å². The highest BCUT2D eigenvalue weighted by Gasteiger charge is 2.22. The van der Waals surface area contributed by atoms with Crippen LogP contribution in [0, 0.1) is 10.1 Å². The first-order chi connectivity index (χ1) is 15.0. The number of hydrogen-bond donors (Lipinski definition) is 1. The summed E-state index contributed by atoms with van der Waals surface area (Å²) in [5.74, 6) is 1.29. The Balaban J connectivity index is 1.27. The number of nitro groups is 1. The minimum atomic E-state index is -0.557. The second-order valence-corrected chi connectivity index (χ2v) is 7.93. The van der Waals surface area contributed by atoms with Crippen LogP contribution in [0.4, 0.5) is 11.4 Å². The zero-order valence-corrected chi connectivity index (χ0v) is 17.6. The molecule has 164 valence electrons. The van der Waals surface area contributed by atoms with Crippen LogP contribution in [0.1, 0.15) is 5.56 Å². The van der Waals surface area contributed by atoms with E-state index < -0.39 is 4.92 Å². The molecule has 1 saturated heterocycles. The SMILES string of the molecule is O=C(CN1CCN(Cc2ccc3c(c2)OCCO3)CC1)Nc1ccc(Cl)cc1[N+](=O)[O-]. The van der Waals surface area contributed by atoms with Crippen molar-refractivity contribution < 1.29 is 19.2 Å². The van der Waals surface area contributed by atoms with Gasteiger partial charge in [-0.25, -0.2) is 0 Å². The largest absolute Gasteiger partial charge is 0.486 e. The monoisotopic (exact) mass is 446 g/mol. The van der Waals surface area contributed by atoms with E-state index in [4.69, 9.17) is 21.1 Å². The van der Waals surface area contributed by atoms with Gasteiger partial charge < -0.3 is 14.8 Å². The lowest BCUT2D eigenvalue weighted by atomic mass is 10.1. The van der Waals surface area contributed by atoms with Crippen LogP contribution >= 0.6 is 11.6 Å². The lowest BCUT2D eigenvalue weighted by molar-refractivity contribution is -0.383. The van der Waals surface area contributed by atoms with Gasteiger partial charge in [-0.2, -0.15) is 0 Å².